The third kappa shape index (κ3) is 4.50. The molecule has 0 N–H and O–H groups in total. The highest BCUT2D eigenvalue weighted by Gasteiger charge is 2.11. The lowest BCUT2D eigenvalue weighted by atomic mass is 10.1. The number of anilines is 3. The van der Waals surface area contributed by atoms with E-state index in [-0.39, 0.29) is 0 Å². The molecule has 0 radical (unpaired) electrons. The summed E-state index contributed by atoms with van der Waals surface area (Å²) in [5.41, 5.74) is 6.22. The first-order chi connectivity index (χ1) is 14.3. The molecule has 0 aliphatic heterocycles. The maximum absolute atomic E-state index is 10.8. The van der Waals surface area contributed by atoms with Crippen molar-refractivity contribution < 1.29 is 4.79 Å². The van der Waals surface area contributed by atoms with Crippen molar-refractivity contribution >= 4 is 35.5 Å². The van der Waals surface area contributed by atoms with Gasteiger partial charge in [0.1, 0.15) is 6.29 Å². The van der Waals surface area contributed by atoms with E-state index in [2.05, 4.69) is 89.8 Å². The third-order valence-corrected chi connectivity index (χ3v) is 4.72. The molecule has 0 unspecified atom stereocenters. The average molecular weight is 375 g/mol. The fourth-order valence-electron chi connectivity index (χ4n) is 3.21. The van der Waals surface area contributed by atoms with Crippen LogP contribution in [0.2, 0.25) is 0 Å². The van der Waals surface area contributed by atoms with E-state index in [4.69, 9.17) is 0 Å². The Kier molecular flexibility index (Phi) is 5.63. The number of carbonyl (C=O) groups is 1. The van der Waals surface area contributed by atoms with Crippen molar-refractivity contribution in [1.29, 1.82) is 0 Å². The van der Waals surface area contributed by atoms with Crippen molar-refractivity contribution in [2.45, 2.75) is 0 Å². The molecule has 0 bridgehead atoms. The topological polar surface area (TPSA) is 20.3 Å². The molecule has 0 spiro atoms. The lowest BCUT2D eigenvalue weighted by molar-refractivity contribution is 0.112. The Morgan fingerprint density at radius 3 is 1.28 bits per heavy atom. The Morgan fingerprint density at radius 2 is 0.828 bits per heavy atom. The molecule has 2 nitrogen and oxygen atoms in total. The van der Waals surface area contributed by atoms with Gasteiger partial charge in [-0.1, -0.05) is 84.9 Å². The van der Waals surface area contributed by atoms with Crippen molar-refractivity contribution in [2.75, 3.05) is 4.90 Å². The van der Waals surface area contributed by atoms with Crippen molar-refractivity contribution in [3.8, 4) is 0 Å². The summed E-state index contributed by atoms with van der Waals surface area (Å²) in [6.45, 7) is 0. The first-order valence-electron chi connectivity index (χ1n) is 9.57. The Morgan fingerprint density at radius 1 is 0.448 bits per heavy atom. The van der Waals surface area contributed by atoms with Crippen LogP contribution in [-0.2, 0) is 0 Å². The summed E-state index contributed by atoms with van der Waals surface area (Å²) in [5.74, 6) is 0. The number of carbonyl (C=O) groups excluding carboxylic acids is 1. The monoisotopic (exact) mass is 375 g/mol. The second-order valence-corrected chi connectivity index (χ2v) is 6.72. The van der Waals surface area contributed by atoms with E-state index < -0.39 is 0 Å². The fourth-order valence-corrected chi connectivity index (χ4v) is 3.21. The lowest BCUT2D eigenvalue weighted by Crippen LogP contribution is -2.09. The second kappa shape index (κ2) is 8.85. The highest BCUT2D eigenvalue weighted by atomic mass is 16.1. The minimum Gasteiger partial charge on any atom is -0.311 e. The molecule has 0 atom stereocenters. The molecule has 0 fully saturated rings. The SMILES string of the molecule is O=Cc1ccc(/C=C/c2ccc(N(c3ccccc3)c3ccccc3)cc2)cc1. The maximum atomic E-state index is 10.8. The van der Waals surface area contributed by atoms with Gasteiger partial charge < -0.3 is 4.90 Å². The van der Waals surface area contributed by atoms with Crippen molar-refractivity contribution in [1.82, 2.24) is 0 Å². The van der Waals surface area contributed by atoms with E-state index in [0.29, 0.717) is 5.56 Å². The molecule has 140 valence electrons. The predicted octanol–water partition coefficient (Wildman–Crippen LogP) is 7.14. The molecule has 29 heavy (non-hydrogen) atoms. The van der Waals surface area contributed by atoms with Crippen LogP contribution in [0.4, 0.5) is 17.1 Å². The molecule has 0 aliphatic rings. The van der Waals surface area contributed by atoms with Gasteiger partial charge in [-0.3, -0.25) is 4.79 Å². The smallest absolute Gasteiger partial charge is 0.150 e. The summed E-state index contributed by atoms with van der Waals surface area (Å²) >= 11 is 0. The van der Waals surface area contributed by atoms with Crippen LogP contribution in [0, 0.1) is 0 Å². The highest BCUT2D eigenvalue weighted by molar-refractivity contribution is 5.79. The van der Waals surface area contributed by atoms with E-state index >= 15 is 0 Å². The number of rotatable bonds is 6. The minimum absolute atomic E-state index is 0.688. The maximum Gasteiger partial charge on any atom is 0.150 e. The van der Waals surface area contributed by atoms with Crippen molar-refractivity contribution in [2.24, 2.45) is 0 Å². The van der Waals surface area contributed by atoms with Crippen LogP contribution in [0.1, 0.15) is 21.5 Å². The largest absolute Gasteiger partial charge is 0.311 e. The molecule has 0 aromatic heterocycles. The number of aldehydes is 1. The number of benzene rings is 4. The van der Waals surface area contributed by atoms with Gasteiger partial charge in [0.25, 0.3) is 0 Å². The molecule has 0 aliphatic carbocycles. The first kappa shape index (κ1) is 18.5. The first-order valence-corrected chi connectivity index (χ1v) is 9.57. The van der Waals surface area contributed by atoms with Gasteiger partial charge in [0.15, 0.2) is 0 Å². The summed E-state index contributed by atoms with van der Waals surface area (Å²) in [5, 5.41) is 0. The van der Waals surface area contributed by atoms with Gasteiger partial charge >= 0.3 is 0 Å². The summed E-state index contributed by atoms with van der Waals surface area (Å²) in [4.78, 5) is 13.0. The highest BCUT2D eigenvalue weighted by Crippen LogP contribution is 2.34. The van der Waals surface area contributed by atoms with Gasteiger partial charge in [-0.05, 0) is 47.5 Å². The Labute approximate surface area is 171 Å². The van der Waals surface area contributed by atoms with Crippen LogP contribution >= 0.6 is 0 Å². The van der Waals surface area contributed by atoms with Crippen LogP contribution < -0.4 is 4.90 Å². The Hall–Kier alpha value is -3.91. The van der Waals surface area contributed by atoms with Crippen LogP contribution in [0.15, 0.2) is 109 Å². The van der Waals surface area contributed by atoms with Crippen LogP contribution in [-0.4, -0.2) is 6.29 Å². The van der Waals surface area contributed by atoms with Crippen LogP contribution in [0.5, 0.6) is 0 Å². The van der Waals surface area contributed by atoms with Crippen LogP contribution in [0.3, 0.4) is 0 Å². The molecule has 2 heteroatoms. The number of hydrogen-bond acceptors (Lipinski definition) is 2. The molecule has 0 amide bonds. The molecular formula is C27H21NO. The molecule has 0 heterocycles. The quantitative estimate of drug-likeness (QED) is 0.264. The third-order valence-electron chi connectivity index (χ3n) is 4.72. The molecular weight excluding hydrogens is 354 g/mol. The van der Waals surface area contributed by atoms with Gasteiger partial charge in [-0.25, -0.2) is 0 Å². The van der Waals surface area contributed by atoms with Gasteiger partial charge in [0.2, 0.25) is 0 Å². The van der Waals surface area contributed by atoms with E-state index in [1.807, 2.05) is 36.4 Å². The van der Waals surface area contributed by atoms with E-state index in [1.54, 1.807) is 0 Å². The average Bonchev–Trinajstić information content (AvgIpc) is 2.80. The normalized spacial score (nSPS) is 10.8. The molecule has 4 aromatic rings. The molecule has 4 aromatic carbocycles. The molecule has 4 rings (SSSR count). The Bertz CT molecular complexity index is 1040. The zero-order valence-electron chi connectivity index (χ0n) is 16.0. The van der Waals surface area contributed by atoms with Gasteiger partial charge in [0.05, 0.1) is 0 Å². The van der Waals surface area contributed by atoms with Crippen LogP contribution in [0.25, 0.3) is 12.2 Å². The van der Waals surface area contributed by atoms with E-state index in [0.717, 1.165) is 34.5 Å². The van der Waals surface area contributed by atoms with Gasteiger partial charge in [0, 0.05) is 22.6 Å². The summed E-state index contributed by atoms with van der Waals surface area (Å²) in [6.07, 6.45) is 4.99. The number of hydrogen-bond donors (Lipinski definition) is 0. The molecule has 0 saturated carbocycles. The molecule has 0 saturated heterocycles. The predicted molar refractivity (Wildman–Crippen MR) is 122 cm³/mol. The zero-order valence-corrected chi connectivity index (χ0v) is 16.0. The van der Waals surface area contributed by atoms with E-state index in [1.165, 1.54) is 0 Å². The number of nitrogens with zero attached hydrogens (tertiary/aromatic N) is 1. The van der Waals surface area contributed by atoms with Crippen molar-refractivity contribution in [3.05, 3.63) is 126 Å². The van der Waals surface area contributed by atoms with Gasteiger partial charge in [-0.15, -0.1) is 0 Å². The standard InChI is InChI=1S/C27H21NO/c29-21-24-15-13-22(14-16-24)11-12-23-17-19-27(20-18-23)28(25-7-3-1-4-8-25)26-9-5-2-6-10-26/h1-21H/b12-11+. The lowest BCUT2D eigenvalue weighted by Gasteiger charge is -2.25. The second-order valence-electron chi connectivity index (χ2n) is 6.72. The number of para-hydroxylation sites is 2. The zero-order chi connectivity index (χ0) is 19.9. The van der Waals surface area contributed by atoms with E-state index in [9.17, 15) is 4.79 Å². The summed E-state index contributed by atoms with van der Waals surface area (Å²) in [7, 11) is 0. The Balaban J connectivity index is 1.60. The van der Waals surface area contributed by atoms with Gasteiger partial charge in [-0.2, -0.15) is 0 Å². The summed E-state index contributed by atoms with van der Waals surface area (Å²) < 4.78 is 0. The fraction of sp³-hybridized carbons (Fsp3) is 0. The summed E-state index contributed by atoms with van der Waals surface area (Å²) in [6, 6.07) is 36.8. The minimum atomic E-state index is 0.688. The van der Waals surface area contributed by atoms with Crippen molar-refractivity contribution in [3.63, 3.8) is 0 Å².